The van der Waals surface area contributed by atoms with Crippen molar-refractivity contribution < 1.29 is 9.59 Å². The summed E-state index contributed by atoms with van der Waals surface area (Å²) in [5, 5.41) is 0. The molecule has 34 heavy (non-hydrogen) atoms. The fraction of sp³-hybridized carbons (Fsp3) is 0.250. The highest BCUT2D eigenvalue weighted by atomic mass is 16.2. The maximum absolute atomic E-state index is 13.0. The Balaban J connectivity index is 1.24. The van der Waals surface area contributed by atoms with E-state index in [0.717, 1.165) is 42.8 Å². The second-order valence-electron chi connectivity index (χ2n) is 9.13. The van der Waals surface area contributed by atoms with Gasteiger partial charge in [0, 0.05) is 13.1 Å². The molecule has 6 nitrogen and oxygen atoms in total. The summed E-state index contributed by atoms with van der Waals surface area (Å²) in [5.74, 6) is 0.835. The first-order valence-corrected chi connectivity index (χ1v) is 11.9. The smallest absolute Gasteiger partial charge is 0.261 e. The number of hydrogen-bond donors (Lipinski definition) is 0. The lowest BCUT2D eigenvalue weighted by Crippen LogP contribution is -2.36. The molecule has 0 unspecified atom stereocenters. The first-order valence-electron chi connectivity index (χ1n) is 11.9. The second kappa shape index (κ2) is 8.54. The van der Waals surface area contributed by atoms with Crippen molar-refractivity contribution in [2.24, 2.45) is 0 Å². The first-order chi connectivity index (χ1) is 16.7. The van der Waals surface area contributed by atoms with Gasteiger partial charge in [-0.3, -0.25) is 19.4 Å². The van der Waals surface area contributed by atoms with Gasteiger partial charge in [-0.1, -0.05) is 54.6 Å². The highest BCUT2D eigenvalue weighted by Gasteiger charge is 2.36. The third kappa shape index (κ3) is 3.60. The summed E-state index contributed by atoms with van der Waals surface area (Å²) in [4.78, 5) is 34.5. The molecule has 3 aromatic carbocycles. The number of imidazole rings is 1. The Bertz CT molecular complexity index is 1330. The summed E-state index contributed by atoms with van der Waals surface area (Å²) in [6.45, 7) is 2.86. The normalized spacial score (nSPS) is 17.0. The van der Waals surface area contributed by atoms with Gasteiger partial charge in [-0.05, 0) is 48.6 Å². The quantitative estimate of drug-likeness (QED) is 0.415. The molecule has 170 valence electrons. The van der Waals surface area contributed by atoms with Gasteiger partial charge < -0.3 is 4.57 Å². The number of para-hydroxylation sites is 2. The number of piperidine rings is 1. The summed E-state index contributed by atoms with van der Waals surface area (Å²) in [7, 11) is 0. The van der Waals surface area contributed by atoms with Crippen molar-refractivity contribution in [3.63, 3.8) is 0 Å². The van der Waals surface area contributed by atoms with Crippen molar-refractivity contribution in [1.82, 2.24) is 19.4 Å². The van der Waals surface area contributed by atoms with E-state index in [0.29, 0.717) is 23.7 Å². The fourth-order valence-electron chi connectivity index (χ4n) is 5.26. The molecule has 0 aliphatic carbocycles. The van der Waals surface area contributed by atoms with Crippen molar-refractivity contribution in [2.75, 3.05) is 13.1 Å². The Morgan fingerprint density at radius 1 is 0.765 bits per heavy atom. The molecule has 0 bridgehead atoms. The van der Waals surface area contributed by atoms with Crippen LogP contribution in [0, 0.1) is 0 Å². The number of carbonyl (C=O) groups excluding carboxylic acids is 2. The maximum Gasteiger partial charge on any atom is 0.261 e. The molecule has 2 aliphatic rings. The molecule has 6 rings (SSSR count). The van der Waals surface area contributed by atoms with E-state index in [9.17, 15) is 9.59 Å². The zero-order valence-electron chi connectivity index (χ0n) is 18.9. The molecule has 0 N–H and O–H groups in total. The minimum Gasteiger partial charge on any atom is -0.313 e. The number of imide groups is 1. The molecule has 0 atom stereocenters. The Morgan fingerprint density at radius 3 is 2.09 bits per heavy atom. The minimum atomic E-state index is -0.247. The number of hydrogen-bond acceptors (Lipinski definition) is 4. The molecular formula is C28H26N4O2. The number of aromatic nitrogens is 2. The SMILES string of the molecule is O=C1c2ccccc2C(=O)N1Cc1nc2ccccc2n1CN1CCC(c2ccccc2)CC1. The molecule has 4 aromatic rings. The van der Waals surface area contributed by atoms with E-state index in [1.54, 1.807) is 24.3 Å². The van der Waals surface area contributed by atoms with E-state index in [1.165, 1.54) is 10.5 Å². The van der Waals surface area contributed by atoms with Crippen LogP contribution in [0.15, 0.2) is 78.9 Å². The van der Waals surface area contributed by atoms with E-state index in [-0.39, 0.29) is 18.4 Å². The molecule has 1 saturated heterocycles. The number of amides is 2. The predicted octanol–water partition coefficient (Wildman–Crippen LogP) is 4.67. The van der Waals surface area contributed by atoms with Gasteiger partial charge in [0.05, 0.1) is 35.4 Å². The number of carbonyl (C=O) groups is 2. The lowest BCUT2D eigenvalue weighted by Gasteiger charge is -2.33. The van der Waals surface area contributed by atoms with Crippen LogP contribution >= 0.6 is 0 Å². The first kappa shape index (κ1) is 20.8. The summed E-state index contributed by atoms with van der Waals surface area (Å²) in [6.07, 6.45) is 2.23. The molecule has 1 fully saturated rings. The van der Waals surface area contributed by atoms with Crippen molar-refractivity contribution in [3.8, 4) is 0 Å². The van der Waals surface area contributed by atoms with Gasteiger partial charge in [0.15, 0.2) is 0 Å². The lowest BCUT2D eigenvalue weighted by atomic mass is 9.90. The van der Waals surface area contributed by atoms with Gasteiger partial charge in [-0.15, -0.1) is 0 Å². The van der Waals surface area contributed by atoms with E-state index < -0.39 is 0 Å². The highest BCUT2D eigenvalue weighted by Crippen LogP contribution is 2.29. The van der Waals surface area contributed by atoms with Crippen LogP contribution in [0.5, 0.6) is 0 Å². The molecule has 3 heterocycles. The van der Waals surface area contributed by atoms with Gasteiger partial charge in [-0.25, -0.2) is 4.98 Å². The molecule has 2 amide bonds. The summed E-state index contributed by atoms with van der Waals surface area (Å²) >= 11 is 0. The topological polar surface area (TPSA) is 58.4 Å². The average molecular weight is 451 g/mol. The number of likely N-dealkylation sites (tertiary alicyclic amines) is 1. The number of nitrogens with zero attached hydrogens (tertiary/aromatic N) is 4. The summed E-state index contributed by atoms with van der Waals surface area (Å²) < 4.78 is 2.17. The molecule has 0 radical (unpaired) electrons. The van der Waals surface area contributed by atoms with Crippen LogP contribution in [0.1, 0.15) is 50.9 Å². The molecular weight excluding hydrogens is 424 g/mol. The van der Waals surface area contributed by atoms with E-state index in [2.05, 4.69) is 45.9 Å². The lowest BCUT2D eigenvalue weighted by molar-refractivity contribution is 0.0634. The van der Waals surface area contributed by atoms with Crippen LogP contribution < -0.4 is 0 Å². The highest BCUT2D eigenvalue weighted by molar-refractivity contribution is 6.21. The minimum absolute atomic E-state index is 0.168. The number of fused-ring (bicyclic) bond motifs is 2. The van der Waals surface area contributed by atoms with Crippen LogP contribution in [0.4, 0.5) is 0 Å². The van der Waals surface area contributed by atoms with Gasteiger partial charge in [0.25, 0.3) is 11.8 Å². The third-order valence-corrected chi connectivity index (χ3v) is 7.11. The van der Waals surface area contributed by atoms with Crippen molar-refractivity contribution in [3.05, 3.63) is 101 Å². The van der Waals surface area contributed by atoms with E-state index >= 15 is 0 Å². The van der Waals surface area contributed by atoms with Crippen molar-refractivity contribution >= 4 is 22.8 Å². The molecule has 0 saturated carbocycles. The van der Waals surface area contributed by atoms with E-state index in [1.807, 2.05) is 18.2 Å². The standard InChI is InChI=1S/C28H26N4O2/c33-27-22-10-4-5-11-23(22)28(34)31(27)18-26-29-24-12-6-7-13-25(24)32(26)19-30-16-14-21(15-17-30)20-8-2-1-3-9-20/h1-13,21H,14-19H2. The zero-order chi connectivity index (χ0) is 23.1. The molecule has 0 spiro atoms. The summed E-state index contributed by atoms with van der Waals surface area (Å²) in [6, 6.07) is 25.8. The Hall–Kier alpha value is -3.77. The Kier molecular flexibility index (Phi) is 5.23. The van der Waals surface area contributed by atoms with Crippen LogP contribution in [0.25, 0.3) is 11.0 Å². The van der Waals surface area contributed by atoms with Gasteiger partial charge in [0.2, 0.25) is 0 Å². The molecule has 6 heteroatoms. The largest absolute Gasteiger partial charge is 0.313 e. The molecule has 1 aromatic heterocycles. The third-order valence-electron chi connectivity index (χ3n) is 7.11. The van der Waals surface area contributed by atoms with Crippen LogP contribution in [0.3, 0.4) is 0 Å². The predicted molar refractivity (Wildman–Crippen MR) is 130 cm³/mol. The zero-order valence-corrected chi connectivity index (χ0v) is 18.9. The van der Waals surface area contributed by atoms with Crippen molar-refractivity contribution in [2.45, 2.75) is 32.0 Å². The van der Waals surface area contributed by atoms with Gasteiger partial charge in [0.1, 0.15) is 5.82 Å². The fourth-order valence-corrected chi connectivity index (χ4v) is 5.26. The Labute approximate surface area is 198 Å². The Morgan fingerprint density at radius 2 is 1.38 bits per heavy atom. The summed E-state index contributed by atoms with van der Waals surface area (Å²) in [5.41, 5.74) is 4.27. The van der Waals surface area contributed by atoms with E-state index in [4.69, 9.17) is 4.98 Å². The number of benzene rings is 3. The van der Waals surface area contributed by atoms with Gasteiger partial charge in [-0.2, -0.15) is 0 Å². The maximum atomic E-state index is 13.0. The monoisotopic (exact) mass is 450 g/mol. The van der Waals surface area contributed by atoms with Crippen LogP contribution in [0.2, 0.25) is 0 Å². The second-order valence-corrected chi connectivity index (χ2v) is 9.13. The van der Waals surface area contributed by atoms with Crippen LogP contribution in [-0.4, -0.2) is 44.3 Å². The molecule has 2 aliphatic heterocycles. The van der Waals surface area contributed by atoms with Crippen LogP contribution in [-0.2, 0) is 13.2 Å². The average Bonchev–Trinajstić information content (AvgIpc) is 3.35. The number of rotatable bonds is 5. The van der Waals surface area contributed by atoms with Crippen molar-refractivity contribution in [1.29, 1.82) is 0 Å². The van der Waals surface area contributed by atoms with Gasteiger partial charge >= 0.3 is 0 Å².